The molecule has 1 atom stereocenters. The summed E-state index contributed by atoms with van der Waals surface area (Å²) in [7, 11) is 0. The maximum Gasteiger partial charge on any atom is 0.506 e. The van der Waals surface area contributed by atoms with Gasteiger partial charge in [0.15, 0.2) is 6.10 Å². The first kappa shape index (κ1) is 29.4. The lowest BCUT2D eigenvalue weighted by atomic mass is 10.0. The van der Waals surface area contributed by atoms with Crippen molar-refractivity contribution in [3.8, 4) is 17.2 Å². The molecule has 1 fully saturated rings. The molecule has 2 aromatic rings. The molecule has 13 heteroatoms. The van der Waals surface area contributed by atoms with Gasteiger partial charge in [0.25, 0.3) is 0 Å². The predicted molar refractivity (Wildman–Crippen MR) is 131 cm³/mol. The number of hydrogen-bond donors (Lipinski definition) is 1. The number of hydrogen-bond acceptors (Lipinski definition) is 6. The summed E-state index contributed by atoms with van der Waals surface area (Å²) in [5, 5.41) is 8.84. The lowest BCUT2D eigenvalue weighted by Gasteiger charge is -2.33. The first-order chi connectivity index (χ1) is 19.0. The van der Waals surface area contributed by atoms with Gasteiger partial charge in [-0.1, -0.05) is 6.07 Å². The van der Waals surface area contributed by atoms with Crippen LogP contribution < -0.4 is 14.2 Å². The Morgan fingerprint density at radius 1 is 1.18 bits per heavy atom. The van der Waals surface area contributed by atoms with Crippen LogP contribution in [0.15, 0.2) is 35.9 Å². The Kier molecular flexibility index (Phi) is 9.33. The Balaban J connectivity index is 1.43. The molecule has 0 aliphatic carbocycles. The SMILES string of the molecule is O=C(O)O[C@@H]1CCCN(CC2=Cc3c(F)cc(OCc4ccc(OC(CF)CF)c(C(F)(F)F)c4)cc3OC2)C1. The molecule has 218 valence electrons. The number of fused-ring (bicyclic) bond motifs is 1. The number of ether oxygens (including phenoxy) is 4. The predicted octanol–water partition coefficient (Wildman–Crippen LogP) is 6.04. The topological polar surface area (TPSA) is 77.5 Å². The van der Waals surface area contributed by atoms with E-state index in [1.165, 1.54) is 12.1 Å². The summed E-state index contributed by atoms with van der Waals surface area (Å²) in [5.74, 6) is -1.13. The highest BCUT2D eigenvalue weighted by atomic mass is 19.4. The number of piperidine rings is 1. The molecule has 0 amide bonds. The first-order valence-corrected chi connectivity index (χ1v) is 12.4. The molecule has 1 N–H and O–H groups in total. The molecule has 2 aliphatic rings. The molecular formula is C27H27F6NO6. The highest BCUT2D eigenvalue weighted by Crippen LogP contribution is 2.38. The van der Waals surface area contributed by atoms with Crippen LogP contribution >= 0.6 is 0 Å². The maximum absolute atomic E-state index is 14.9. The van der Waals surface area contributed by atoms with Gasteiger partial charge in [-0.3, -0.25) is 4.90 Å². The van der Waals surface area contributed by atoms with Gasteiger partial charge in [0.1, 0.15) is 55.7 Å². The van der Waals surface area contributed by atoms with E-state index in [9.17, 15) is 31.1 Å². The summed E-state index contributed by atoms with van der Waals surface area (Å²) in [6, 6.07) is 5.48. The maximum atomic E-state index is 14.9. The van der Waals surface area contributed by atoms with E-state index in [1.54, 1.807) is 6.08 Å². The fourth-order valence-corrected chi connectivity index (χ4v) is 4.54. The van der Waals surface area contributed by atoms with Crippen molar-refractivity contribution in [3.63, 3.8) is 0 Å². The van der Waals surface area contributed by atoms with E-state index < -0.39 is 55.0 Å². The van der Waals surface area contributed by atoms with E-state index in [-0.39, 0.29) is 35.8 Å². The molecule has 0 radical (unpaired) electrons. The van der Waals surface area contributed by atoms with Crippen LogP contribution in [-0.2, 0) is 17.5 Å². The third-order valence-electron chi connectivity index (χ3n) is 6.38. The fourth-order valence-electron chi connectivity index (χ4n) is 4.54. The molecular weight excluding hydrogens is 548 g/mol. The first-order valence-electron chi connectivity index (χ1n) is 12.4. The Hall–Kier alpha value is -3.61. The monoisotopic (exact) mass is 575 g/mol. The van der Waals surface area contributed by atoms with Crippen molar-refractivity contribution in [2.24, 2.45) is 0 Å². The van der Waals surface area contributed by atoms with Gasteiger partial charge >= 0.3 is 12.3 Å². The molecule has 2 heterocycles. The summed E-state index contributed by atoms with van der Waals surface area (Å²) in [6.07, 6.45) is -5.22. The number of carboxylic acid groups (broad SMARTS) is 1. The quantitative estimate of drug-likeness (QED) is 0.273. The molecule has 2 aromatic carbocycles. The fraction of sp³-hybridized carbons (Fsp3) is 0.444. The van der Waals surface area contributed by atoms with E-state index in [4.69, 9.17) is 24.1 Å². The van der Waals surface area contributed by atoms with Gasteiger partial charge in [-0.05, 0) is 48.7 Å². The average Bonchev–Trinajstić information content (AvgIpc) is 2.90. The second-order valence-corrected chi connectivity index (χ2v) is 9.46. The molecule has 0 unspecified atom stereocenters. The standard InChI is InChI=1S/C27H27F6NO6/c28-10-20(11-29)39-24-4-3-16(7-22(24)27(31,32)33)14-37-19-8-23(30)21-6-17(15-38-25(21)9-19)12-34-5-1-2-18(13-34)40-26(35)36/h3-4,6-9,18,20H,1-2,5,10-15H2,(H,35,36)/t18-/m1/s1. The Morgan fingerprint density at radius 2 is 1.95 bits per heavy atom. The van der Waals surface area contributed by atoms with Crippen molar-refractivity contribution in [1.29, 1.82) is 0 Å². The molecule has 40 heavy (non-hydrogen) atoms. The molecule has 7 nitrogen and oxygen atoms in total. The molecule has 0 bridgehead atoms. The molecule has 4 rings (SSSR count). The minimum Gasteiger partial charge on any atom is -0.489 e. The zero-order valence-corrected chi connectivity index (χ0v) is 21.2. The van der Waals surface area contributed by atoms with Crippen molar-refractivity contribution >= 4 is 12.2 Å². The minimum atomic E-state index is -4.85. The summed E-state index contributed by atoms with van der Waals surface area (Å²) in [4.78, 5) is 12.8. The Morgan fingerprint density at radius 3 is 2.65 bits per heavy atom. The third kappa shape index (κ3) is 7.52. The van der Waals surface area contributed by atoms with E-state index in [0.29, 0.717) is 19.5 Å². The van der Waals surface area contributed by atoms with Gasteiger partial charge in [-0.25, -0.2) is 18.0 Å². The van der Waals surface area contributed by atoms with Gasteiger partial charge in [-0.15, -0.1) is 0 Å². The zero-order valence-electron chi connectivity index (χ0n) is 21.2. The zero-order chi connectivity index (χ0) is 28.9. The van der Waals surface area contributed by atoms with Crippen LogP contribution in [0.1, 0.15) is 29.5 Å². The molecule has 0 saturated carbocycles. The molecule has 0 spiro atoms. The van der Waals surface area contributed by atoms with Gasteiger partial charge in [0.05, 0.1) is 11.1 Å². The van der Waals surface area contributed by atoms with Crippen molar-refractivity contribution < 1.29 is 55.2 Å². The molecule has 1 saturated heterocycles. The largest absolute Gasteiger partial charge is 0.506 e. The second-order valence-electron chi connectivity index (χ2n) is 9.46. The van der Waals surface area contributed by atoms with Gasteiger partial charge in [0.2, 0.25) is 0 Å². The lowest BCUT2D eigenvalue weighted by Crippen LogP contribution is -2.41. The van der Waals surface area contributed by atoms with E-state index in [0.717, 1.165) is 36.7 Å². The van der Waals surface area contributed by atoms with Crippen molar-refractivity contribution in [2.75, 3.05) is 39.6 Å². The van der Waals surface area contributed by atoms with E-state index in [2.05, 4.69) is 0 Å². The number of benzene rings is 2. The van der Waals surface area contributed by atoms with E-state index >= 15 is 0 Å². The summed E-state index contributed by atoms with van der Waals surface area (Å²) in [6.45, 7) is -1.19. The minimum absolute atomic E-state index is 0.0293. The van der Waals surface area contributed by atoms with Crippen LogP contribution in [0.5, 0.6) is 17.2 Å². The number of rotatable bonds is 10. The van der Waals surface area contributed by atoms with Crippen LogP contribution in [0, 0.1) is 5.82 Å². The van der Waals surface area contributed by atoms with Gasteiger partial charge < -0.3 is 24.1 Å². The summed E-state index contributed by atoms with van der Waals surface area (Å²) < 4.78 is 102. The number of nitrogens with zero attached hydrogens (tertiary/aromatic N) is 1. The highest BCUT2D eigenvalue weighted by molar-refractivity contribution is 5.64. The van der Waals surface area contributed by atoms with Crippen molar-refractivity contribution in [3.05, 3.63) is 58.4 Å². The van der Waals surface area contributed by atoms with E-state index in [1.807, 2.05) is 4.90 Å². The van der Waals surface area contributed by atoms with Crippen LogP contribution in [0.2, 0.25) is 0 Å². The number of carbonyl (C=O) groups is 1. The molecule has 2 aliphatic heterocycles. The smallest absolute Gasteiger partial charge is 0.489 e. The van der Waals surface area contributed by atoms with Crippen molar-refractivity contribution in [2.45, 2.75) is 37.8 Å². The number of likely N-dealkylation sites (tertiary alicyclic amines) is 1. The number of alkyl halides is 5. The van der Waals surface area contributed by atoms with Crippen LogP contribution in [0.25, 0.3) is 6.08 Å². The second kappa shape index (κ2) is 12.7. The van der Waals surface area contributed by atoms with Crippen LogP contribution in [0.4, 0.5) is 31.1 Å². The van der Waals surface area contributed by atoms with Crippen LogP contribution in [0.3, 0.4) is 0 Å². The molecule has 0 aromatic heterocycles. The summed E-state index contributed by atoms with van der Waals surface area (Å²) in [5.41, 5.74) is -0.168. The van der Waals surface area contributed by atoms with Gasteiger partial charge in [0, 0.05) is 25.2 Å². The Labute approximate surface area is 225 Å². The van der Waals surface area contributed by atoms with Gasteiger partial charge in [-0.2, -0.15) is 13.2 Å². The average molecular weight is 576 g/mol. The highest BCUT2D eigenvalue weighted by Gasteiger charge is 2.35. The number of halogens is 6. The lowest BCUT2D eigenvalue weighted by molar-refractivity contribution is -0.139. The van der Waals surface area contributed by atoms with Crippen molar-refractivity contribution in [1.82, 2.24) is 4.90 Å². The normalized spacial score (nSPS) is 17.6. The van der Waals surface area contributed by atoms with Crippen LogP contribution in [-0.4, -0.2) is 68.0 Å². The third-order valence-corrected chi connectivity index (χ3v) is 6.38. The summed E-state index contributed by atoms with van der Waals surface area (Å²) >= 11 is 0. The Bertz CT molecular complexity index is 1230.